The summed E-state index contributed by atoms with van der Waals surface area (Å²) in [7, 11) is 0. The summed E-state index contributed by atoms with van der Waals surface area (Å²) in [5, 5.41) is 3.77. The van der Waals surface area contributed by atoms with Crippen molar-refractivity contribution in [2.45, 2.75) is 46.6 Å². The summed E-state index contributed by atoms with van der Waals surface area (Å²) in [4.78, 5) is 8.21. The minimum Gasteiger partial charge on any atom is -0.489 e. The van der Waals surface area contributed by atoms with Crippen LogP contribution in [0.5, 0.6) is 5.75 Å². The molecule has 1 atom stereocenters. The molecule has 23 heavy (non-hydrogen) atoms. The SMILES string of the molecule is CCCc1ccc(OC(C)CNc2ncnc(C)c2Cl)c(C)c1. The fraction of sp³-hybridized carbons (Fsp3) is 0.444. The molecule has 2 rings (SSSR count). The Balaban J connectivity index is 1.94. The third-order valence-electron chi connectivity index (χ3n) is 3.63. The fourth-order valence-electron chi connectivity index (χ4n) is 2.37. The summed E-state index contributed by atoms with van der Waals surface area (Å²) in [5.74, 6) is 1.56. The van der Waals surface area contributed by atoms with Crippen LogP contribution in [0.25, 0.3) is 0 Å². The zero-order valence-corrected chi connectivity index (χ0v) is 14.9. The molecule has 0 aliphatic heterocycles. The number of ether oxygens (including phenoxy) is 1. The molecule has 124 valence electrons. The molecule has 4 nitrogen and oxygen atoms in total. The first kappa shape index (κ1) is 17.5. The van der Waals surface area contributed by atoms with Gasteiger partial charge in [-0.3, -0.25) is 0 Å². The van der Waals surface area contributed by atoms with Gasteiger partial charge < -0.3 is 10.1 Å². The van der Waals surface area contributed by atoms with Crippen LogP contribution < -0.4 is 10.1 Å². The first-order chi connectivity index (χ1) is 11.0. The predicted molar refractivity (Wildman–Crippen MR) is 95.5 cm³/mol. The van der Waals surface area contributed by atoms with Gasteiger partial charge in [-0.05, 0) is 44.4 Å². The van der Waals surface area contributed by atoms with Crippen LogP contribution in [0.4, 0.5) is 5.82 Å². The molecule has 2 aromatic rings. The Morgan fingerprint density at radius 3 is 2.74 bits per heavy atom. The summed E-state index contributed by atoms with van der Waals surface area (Å²) in [6.07, 6.45) is 3.76. The third kappa shape index (κ3) is 4.83. The van der Waals surface area contributed by atoms with Gasteiger partial charge in [-0.2, -0.15) is 0 Å². The molecule has 0 radical (unpaired) electrons. The van der Waals surface area contributed by atoms with E-state index in [1.807, 2.05) is 13.8 Å². The standard InChI is InChI=1S/C18H24ClN3O/c1-5-6-15-7-8-16(12(2)9-15)23-13(3)10-20-18-17(19)14(4)21-11-22-18/h7-9,11,13H,5-6,10H2,1-4H3,(H,20,21,22). The van der Waals surface area contributed by atoms with Crippen molar-refractivity contribution in [3.8, 4) is 5.75 Å². The highest BCUT2D eigenvalue weighted by molar-refractivity contribution is 6.33. The lowest BCUT2D eigenvalue weighted by atomic mass is 10.1. The number of benzene rings is 1. The first-order valence-corrected chi connectivity index (χ1v) is 8.36. The Morgan fingerprint density at radius 1 is 1.26 bits per heavy atom. The lowest BCUT2D eigenvalue weighted by molar-refractivity contribution is 0.233. The van der Waals surface area contributed by atoms with E-state index in [9.17, 15) is 0 Å². The van der Waals surface area contributed by atoms with Crippen LogP contribution in [0.2, 0.25) is 5.02 Å². The van der Waals surface area contributed by atoms with Crippen molar-refractivity contribution in [1.82, 2.24) is 9.97 Å². The van der Waals surface area contributed by atoms with Gasteiger partial charge in [0.25, 0.3) is 0 Å². The summed E-state index contributed by atoms with van der Waals surface area (Å²) in [6, 6.07) is 6.39. The molecule has 0 aliphatic rings. The number of hydrogen-bond acceptors (Lipinski definition) is 4. The van der Waals surface area contributed by atoms with Gasteiger partial charge in [-0.25, -0.2) is 9.97 Å². The minimum atomic E-state index is -0.00272. The highest BCUT2D eigenvalue weighted by Gasteiger charge is 2.10. The van der Waals surface area contributed by atoms with Crippen molar-refractivity contribution in [2.24, 2.45) is 0 Å². The molecule has 5 heteroatoms. The summed E-state index contributed by atoms with van der Waals surface area (Å²) in [5.41, 5.74) is 3.28. The van der Waals surface area contributed by atoms with Gasteiger partial charge in [0.15, 0.2) is 0 Å². The highest BCUT2D eigenvalue weighted by atomic mass is 35.5. The minimum absolute atomic E-state index is 0.00272. The summed E-state index contributed by atoms with van der Waals surface area (Å²) < 4.78 is 6.02. The Morgan fingerprint density at radius 2 is 2.04 bits per heavy atom. The fourth-order valence-corrected chi connectivity index (χ4v) is 2.53. The van der Waals surface area contributed by atoms with E-state index in [0.717, 1.165) is 24.3 Å². The van der Waals surface area contributed by atoms with Crippen LogP contribution in [-0.2, 0) is 6.42 Å². The molecule has 0 fully saturated rings. The van der Waals surface area contributed by atoms with Crippen molar-refractivity contribution >= 4 is 17.4 Å². The monoisotopic (exact) mass is 333 g/mol. The van der Waals surface area contributed by atoms with Crippen LogP contribution in [0.15, 0.2) is 24.5 Å². The maximum absolute atomic E-state index is 6.18. The lowest BCUT2D eigenvalue weighted by Crippen LogP contribution is -2.23. The predicted octanol–water partition coefficient (Wildman–Crippen LogP) is 4.58. The number of hydrogen-bond donors (Lipinski definition) is 1. The topological polar surface area (TPSA) is 47.0 Å². The molecular formula is C18H24ClN3O. The maximum Gasteiger partial charge on any atom is 0.148 e. The van der Waals surface area contributed by atoms with Gasteiger partial charge in [-0.15, -0.1) is 0 Å². The molecule has 1 unspecified atom stereocenters. The lowest BCUT2D eigenvalue weighted by Gasteiger charge is -2.18. The Labute approximate surface area is 143 Å². The van der Waals surface area contributed by atoms with Crippen molar-refractivity contribution < 1.29 is 4.74 Å². The van der Waals surface area contributed by atoms with Crippen LogP contribution in [0, 0.1) is 13.8 Å². The molecule has 0 amide bonds. The second-order valence-corrected chi connectivity index (χ2v) is 6.16. The molecule has 1 N–H and O–H groups in total. The maximum atomic E-state index is 6.18. The third-order valence-corrected chi connectivity index (χ3v) is 4.08. The average molecular weight is 334 g/mol. The Bertz CT molecular complexity index is 661. The molecule has 1 heterocycles. The molecule has 0 saturated carbocycles. The Hall–Kier alpha value is -1.81. The molecule has 0 bridgehead atoms. The molecule has 1 aromatic carbocycles. The number of nitrogens with zero attached hydrogens (tertiary/aromatic N) is 2. The number of rotatable bonds is 7. The summed E-state index contributed by atoms with van der Waals surface area (Å²) in [6.45, 7) is 8.77. The number of aryl methyl sites for hydroxylation is 3. The van der Waals surface area contributed by atoms with Gasteiger partial charge in [0.2, 0.25) is 0 Å². The van der Waals surface area contributed by atoms with Crippen molar-refractivity contribution in [1.29, 1.82) is 0 Å². The molecule has 0 saturated heterocycles. The zero-order chi connectivity index (χ0) is 16.8. The van der Waals surface area contributed by atoms with E-state index in [1.165, 1.54) is 17.5 Å². The number of halogens is 1. The number of anilines is 1. The number of aromatic nitrogens is 2. The highest BCUT2D eigenvalue weighted by Crippen LogP contribution is 2.23. The first-order valence-electron chi connectivity index (χ1n) is 7.98. The second-order valence-electron chi connectivity index (χ2n) is 5.78. The van der Waals surface area contributed by atoms with Crippen LogP contribution in [0.3, 0.4) is 0 Å². The average Bonchev–Trinajstić information content (AvgIpc) is 2.52. The van der Waals surface area contributed by atoms with Gasteiger partial charge >= 0.3 is 0 Å². The molecule has 0 aliphatic carbocycles. The van der Waals surface area contributed by atoms with Crippen LogP contribution >= 0.6 is 11.6 Å². The van der Waals surface area contributed by atoms with E-state index in [-0.39, 0.29) is 6.10 Å². The van der Waals surface area contributed by atoms with Crippen LogP contribution in [-0.4, -0.2) is 22.6 Å². The van der Waals surface area contributed by atoms with E-state index in [0.29, 0.717) is 17.4 Å². The smallest absolute Gasteiger partial charge is 0.148 e. The molecule has 0 spiro atoms. The van der Waals surface area contributed by atoms with Gasteiger partial charge in [0.05, 0.1) is 12.2 Å². The van der Waals surface area contributed by atoms with Crippen molar-refractivity contribution in [3.63, 3.8) is 0 Å². The van der Waals surface area contributed by atoms with Gasteiger partial charge in [-0.1, -0.05) is 37.1 Å². The van der Waals surface area contributed by atoms with Gasteiger partial charge in [0.1, 0.15) is 29.0 Å². The van der Waals surface area contributed by atoms with E-state index in [4.69, 9.17) is 16.3 Å². The van der Waals surface area contributed by atoms with E-state index in [1.54, 1.807) is 0 Å². The number of nitrogens with one attached hydrogen (secondary N) is 1. The summed E-state index contributed by atoms with van der Waals surface area (Å²) >= 11 is 6.18. The normalized spacial score (nSPS) is 12.0. The largest absolute Gasteiger partial charge is 0.489 e. The van der Waals surface area contributed by atoms with E-state index < -0.39 is 0 Å². The zero-order valence-electron chi connectivity index (χ0n) is 14.2. The van der Waals surface area contributed by atoms with Crippen molar-refractivity contribution in [2.75, 3.05) is 11.9 Å². The van der Waals surface area contributed by atoms with Crippen molar-refractivity contribution in [3.05, 3.63) is 46.4 Å². The van der Waals surface area contributed by atoms with Gasteiger partial charge in [0, 0.05) is 0 Å². The molecule has 1 aromatic heterocycles. The van der Waals surface area contributed by atoms with E-state index >= 15 is 0 Å². The quantitative estimate of drug-likeness (QED) is 0.805. The van der Waals surface area contributed by atoms with Crippen LogP contribution in [0.1, 0.15) is 37.1 Å². The Kier molecular flexibility index (Phi) is 6.22. The molecular weight excluding hydrogens is 310 g/mol. The second kappa shape index (κ2) is 8.16. The van der Waals surface area contributed by atoms with E-state index in [2.05, 4.69) is 47.3 Å².